The fourth-order valence-corrected chi connectivity index (χ4v) is 2.50. The molecule has 1 atom stereocenters. The van der Waals surface area contributed by atoms with Gasteiger partial charge in [0.1, 0.15) is 0 Å². The summed E-state index contributed by atoms with van der Waals surface area (Å²) in [6, 6.07) is 5.43. The molecule has 1 aromatic rings. The monoisotopic (exact) mass is 277 g/mol. The van der Waals surface area contributed by atoms with E-state index < -0.39 is 0 Å². The topological polar surface area (TPSA) is 58.8 Å². The van der Waals surface area contributed by atoms with Gasteiger partial charge in [-0.15, -0.1) is 0 Å². The van der Waals surface area contributed by atoms with E-state index in [1.54, 1.807) is 11.0 Å². The number of rotatable bonds is 4. The normalized spacial score (nSPS) is 18.1. The van der Waals surface area contributed by atoms with E-state index in [9.17, 15) is 4.79 Å². The van der Waals surface area contributed by atoms with Crippen LogP contribution in [-0.2, 0) is 4.74 Å². The Balaban J connectivity index is 2.16. The zero-order valence-corrected chi connectivity index (χ0v) is 12.4. The Labute approximate surface area is 120 Å². The molecule has 0 aromatic heterocycles. The maximum Gasteiger partial charge on any atom is 0.255 e. The number of nitrogens with two attached hydrogens (primary N) is 1. The maximum absolute atomic E-state index is 12.6. The number of carbonyl (C=O) groups excluding carboxylic acids is 1. The van der Waals surface area contributed by atoms with Gasteiger partial charge in [0, 0.05) is 45.7 Å². The molecule has 2 N–H and O–H groups in total. The minimum absolute atomic E-state index is 0.0171. The van der Waals surface area contributed by atoms with Crippen LogP contribution >= 0.6 is 0 Å². The second-order valence-electron chi connectivity index (χ2n) is 5.49. The van der Waals surface area contributed by atoms with E-state index >= 15 is 0 Å². The lowest BCUT2D eigenvalue weighted by molar-refractivity contribution is 0.0587. The van der Waals surface area contributed by atoms with Gasteiger partial charge in [0.05, 0.1) is 11.7 Å². The highest BCUT2D eigenvalue weighted by atomic mass is 16.5. The molecule has 1 unspecified atom stereocenters. The van der Waals surface area contributed by atoms with E-state index in [2.05, 4.69) is 0 Å². The van der Waals surface area contributed by atoms with Gasteiger partial charge in [-0.25, -0.2) is 0 Å². The van der Waals surface area contributed by atoms with Crippen LogP contribution in [0.15, 0.2) is 18.2 Å². The van der Waals surface area contributed by atoms with Gasteiger partial charge < -0.3 is 20.3 Å². The molecule has 5 nitrogen and oxygen atoms in total. The first kappa shape index (κ1) is 14.7. The molecular weight excluding hydrogens is 254 g/mol. The van der Waals surface area contributed by atoms with Crippen LogP contribution in [0.25, 0.3) is 0 Å². The van der Waals surface area contributed by atoms with Gasteiger partial charge in [0.2, 0.25) is 0 Å². The highest BCUT2D eigenvalue weighted by Gasteiger charge is 2.22. The van der Waals surface area contributed by atoms with Gasteiger partial charge in [-0.1, -0.05) is 0 Å². The van der Waals surface area contributed by atoms with Crippen molar-refractivity contribution < 1.29 is 9.53 Å². The van der Waals surface area contributed by atoms with Crippen LogP contribution in [-0.4, -0.2) is 51.2 Å². The molecule has 5 heteroatoms. The molecule has 0 bridgehead atoms. The van der Waals surface area contributed by atoms with Crippen LogP contribution in [0.4, 0.5) is 11.4 Å². The molecule has 20 heavy (non-hydrogen) atoms. The van der Waals surface area contributed by atoms with E-state index in [1.807, 2.05) is 38.2 Å². The predicted molar refractivity (Wildman–Crippen MR) is 81.1 cm³/mol. The lowest BCUT2D eigenvalue weighted by Crippen LogP contribution is -2.34. The molecule has 0 aliphatic carbocycles. The van der Waals surface area contributed by atoms with Crippen LogP contribution < -0.4 is 10.6 Å². The third kappa shape index (κ3) is 3.22. The zero-order chi connectivity index (χ0) is 14.7. The van der Waals surface area contributed by atoms with Gasteiger partial charge in [-0.2, -0.15) is 0 Å². The average Bonchev–Trinajstić information content (AvgIpc) is 2.90. The Kier molecular flexibility index (Phi) is 4.49. The Morgan fingerprint density at radius 3 is 2.75 bits per heavy atom. The van der Waals surface area contributed by atoms with Crippen molar-refractivity contribution in [3.05, 3.63) is 23.8 Å². The van der Waals surface area contributed by atoms with Crippen LogP contribution in [0, 0.1) is 0 Å². The second-order valence-corrected chi connectivity index (χ2v) is 5.49. The van der Waals surface area contributed by atoms with Crippen LogP contribution in [0.2, 0.25) is 0 Å². The summed E-state index contributed by atoms with van der Waals surface area (Å²) in [5, 5.41) is 0. The summed E-state index contributed by atoms with van der Waals surface area (Å²) in [5.74, 6) is -0.0171. The highest BCUT2D eigenvalue weighted by molar-refractivity contribution is 6.00. The number of nitrogen functional groups attached to an aromatic ring is 1. The first-order chi connectivity index (χ1) is 9.49. The number of carbonyl (C=O) groups is 1. The van der Waals surface area contributed by atoms with E-state index in [1.165, 1.54) is 0 Å². The predicted octanol–water partition coefficient (Wildman–Crippen LogP) is 1.59. The van der Waals surface area contributed by atoms with Crippen LogP contribution in [0.1, 0.15) is 23.2 Å². The van der Waals surface area contributed by atoms with E-state index in [0.717, 1.165) is 25.1 Å². The minimum atomic E-state index is -0.0171. The van der Waals surface area contributed by atoms with Gasteiger partial charge >= 0.3 is 0 Å². The van der Waals surface area contributed by atoms with E-state index in [0.29, 0.717) is 17.8 Å². The summed E-state index contributed by atoms with van der Waals surface area (Å²) in [7, 11) is 5.65. The molecule has 0 spiro atoms. The van der Waals surface area contributed by atoms with Crippen molar-refractivity contribution in [1.29, 1.82) is 0 Å². The number of anilines is 2. The van der Waals surface area contributed by atoms with E-state index in [4.69, 9.17) is 10.5 Å². The molecule has 1 amide bonds. The zero-order valence-electron chi connectivity index (χ0n) is 12.4. The Hall–Kier alpha value is -1.75. The summed E-state index contributed by atoms with van der Waals surface area (Å²) in [4.78, 5) is 16.2. The van der Waals surface area contributed by atoms with Crippen molar-refractivity contribution in [3.63, 3.8) is 0 Å². The van der Waals surface area contributed by atoms with Crippen LogP contribution in [0.5, 0.6) is 0 Å². The number of amides is 1. The summed E-state index contributed by atoms with van der Waals surface area (Å²) in [6.45, 7) is 1.43. The molecule has 0 saturated carbocycles. The molecule has 1 aromatic carbocycles. The summed E-state index contributed by atoms with van der Waals surface area (Å²) in [6.07, 6.45) is 2.26. The van der Waals surface area contributed by atoms with Crippen molar-refractivity contribution in [2.75, 3.05) is 44.9 Å². The van der Waals surface area contributed by atoms with Crippen molar-refractivity contribution in [1.82, 2.24) is 4.90 Å². The van der Waals surface area contributed by atoms with Gasteiger partial charge in [0.25, 0.3) is 5.91 Å². The SMILES string of the molecule is CN(CC1CCCO1)C(=O)c1cc(N)ccc1N(C)C. The Morgan fingerprint density at radius 2 is 2.15 bits per heavy atom. The fraction of sp³-hybridized carbons (Fsp3) is 0.533. The van der Waals surface area contributed by atoms with Crippen molar-refractivity contribution in [2.24, 2.45) is 0 Å². The van der Waals surface area contributed by atoms with Crippen molar-refractivity contribution in [2.45, 2.75) is 18.9 Å². The number of benzene rings is 1. The number of hydrogen-bond acceptors (Lipinski definition) is 4. The molecule has 1 aliphatic rings. The summed E-state index contributed by atoms with van der Waals surface area (Å²) < 4.78 is 5.58. The first-order valence-corrected chi connectivity index (χ1v) is 6.93. The smallest absolute Gasteiger partial charge is 0.255 e. The summed E-state index contributed by atoms with van der Waals surface area (Å²) in [5.41, 5.74) is 7.93. The molecule has 1 fully saturated rings. The Bertz CT molecular complexity index is 482. The lowest BCUT2D eigenvalue weighted by atomic mass is 10.1. The van der Waals surface area contributed by atoms with Gasteiger partial charge in [-0.3, -0.25) is 4.79 Å². The average molecular weight is 277 g/mol. The minimum Gasteiger partial charge on any atom is -0.399 e. The number of likely N-dealkylation sites (N-methyl/N-ethyl adjacent to an activating group) is 1. The highest BCUT2D eigenvalue weighted by Crippen LogP contribution is 2.23. The van der Waals surface area contributed by atoms with Crippen molar-refractivity contribution in [3.8, 4) is 0 Å². The third-order valence-electron chi connectivity index (χ3n) is 3.58. The molecule has 110 valence electrons. The van der Waals surface area contributed by atoms with Gasteiger partial charge in [0.15, 0.2) is 0 Å². The largest absolute Gasteiger partial charge is 0.399 e. The fourth-order valence-electron chi connectivity index (χ4n) is 2.50. The molecule has 0 radical (unpaired) electrons. The Morgan fingerprint density at radius 1 is 1.40 bits per heavy atom. The van der Waals surface area contributed by atoms with E-state index in [-0.39, 0.29) is 12.0 Å². The van der Waals surface area contributed by atoms with Crippen molar-refractivity contribution >= 4 is 17.3 Å². The van der Waals surface area contributed by atoms with Crippen LogP contribution in [0.3, 0.4) is 0 Å². The quantitative estimate of drug-likeness (QED) is 0.849. The number of nitrogens with zero attached hydrogens (tertiary/aromatic N) is 2. The molecular formula is C15H23N3O2. The second kappa shape index (κ2) is 6.13. The molecule has 1 saturated heterocycles. The number of hydrogen-bond donors (Lipinski definition) is 1. The standard InChI is InChI=1S/C15H23N3O2/c1-17(2)14-7-6-11(16)9-13(14)15(19)18(3)10-12-5-4-8-20-12/h6-7,9,12H,4-5,8,10,16H2,1-3H3. The maximum atomic E-state index is 12.6. The molecule has 1 heterocycles. The van der Waals surface area contributed by atoms with Gasteiger partial charge in [-0.05, 0) is 31.0 Å². The summed E-state index contributed by atoms with van der Waals surface area (Å²) >= 11 is 0. The number of ether oxygens (including phenoxy) is 1. The third-order valence-corrected chi connectivity index (χ3v) is 3.58. The molecule has 1 aliphatic heterocycles. The lowest BCUT2D eigenvalue weighted by Gasteiger charge is -2.24. The first-order valence-electron chi connectivity index (χ1n) is 6.93. The molecule has 2 rings (SSSR count).